The normalized spacial score (nSPS) is 15.8. The van der Waals surface area contributed by atoms with Gasteiger partial charge in [0, 0.05) is 24.4 Å². The van der Waals surface area contributed by atoms with E-state index in [0.717, 1.165) is 36.1 Å². The summed E-state index contributed by atoms with van der Waals surface area (Å²) in [5.41, 5.74) is 0.850. The number of halogens is 3. The van der Waals surface area contributed by atoms with Crippen molar-refractivity contribution in [2.75, 3.05) is 6.54 Å². The van der Waals surface area contributed by atoms with Gasteiger partial charge >= 0.3 is 6.18 Å². The minimum Gasteiger partial charge on any atom is -0.355 e. The van der Waals surface area contributed by atoms with Gasteiger partial charge in [-0.1, -0.05) is 12.1 Å². The lowest BCUT2D eigenvalue weighted by Crippen LogP contribution is -2.33. The number of hydrogen-bond acceptors (Lipinski definition) is 2. The highest BCUT2D eigenvalue weighted by Crippen LogP contribution is 2.48. The minimum atomic E-state index is -4.33. The molecule has 0 unspecified atom stereocenters. The number of hydrogen-bond donors (Lipinski definition) is 1. The highest BCUT2D eigenvalue weighted by Gasteiger charge is 2.44. The maximum atomic E-state index is 12.6. The van der Waals surface area contributed by atoms with Crippen molar-refractivity contribution < 1.29 is 18.0 Å². The van der Waals surface area contributed by atoms with Gasteiger partial charge in [-0.25, -0.2) is 0 Å². The van der Waals surface area contributed by atoms with Crippen molar-refractivity contribution in [2.45, 2.75) is 30.9 Å². The fraction of sp³-hybridized carbons (Fsp3) is 0.333. The van der Waals surface area contributed by atoms with Gasteiger partial charge in [-0.3, -0.25) is 9.78 Å². The number of carbonyl (C=O) groups excluding carboxylic acids is 1. The van der Waals surface area contributed by atoms with Gasteiger partial charge in [0.25, 0.3) is 0 Å². The van der Waals surface area contributed by atoms with Crippen LogP contribution < -0.4 is 5.32 Å². The standard InChI is InChI=1S/C18H17F3N2O/c19-18(20,21)15-3-1-14(2-4-15)17(7-8-17)12-23-16(24)11-13-5-9-22-10-6-13/h1-6,9-10H,7-8,11-12H2,(H,23,24). The molecule has 24 heavy (non-hydrogen) atoms. The van der Waals surface area contributed by atoms with Gasteiger partial charge in [0.05, 0.1) is 12.0 Å². The summed E-state index contributed by atoms with van der Waals surface area (Å²) >= 11 is 0. The zero-order valence-electron chi connectivity index (χ0n) is 12.9. The number of aromatic nitrogens is 1. The molecule has 1 heterocycles. The summed E-state index contributed by atoms with van der Waals surface area (Å²) in [6, 6.07) is 8.81. The Morgan fingerprint density at radius 3 is 2.25 bits per heavy atom. The SMILES string of the molecule is O=C(Cc1ccncc1)NCC1(c2ccc(C(F)(F)F)cc2)CC1. The van der Waals surface area contributed by atoms with Crippen LogP contribution in [-0.4, -0.2) is 17.4 Å². The average molecular weight is 334 g/mol. The Labute approximate surface area is 137 Å². The number of nitrogens with one attached hydrogen (secondary N) is 1. The third-order valence-corrected chi connectivity index (χ3v) is 4.42. The van der Waals surface area contributed by atoms with Crippen molar-refractivity contribution in [3.63, 3.8) is 0 Å². The molecule has 126 valence electrons. The molecule has 1 fully saturated rings. The highest BCUT2D eigenvalue weighted by molar-refractivity contribution is 5.78. The molecule has 0 radical (unpaired) electrons. The Morgan fingerprint density at radius 1 is 1.08 bits per heavy atom. The largest absolute Gasteiger partial charge is 0.416 e. The monoisotopic (exact) mass is 334 g/mol. The second kappa shape index (κ2) is 6.26. The fourth-order valence-corrected chi connectivity index (χ4v) is 2.75. The first kappa shape index (κ1) is 16.5. The predicted octanol–water partition coefficient (Wildman–Crippen LogP) is 3.49. The van der Waals surface area contributed by atoms with Crippen molar-refractivity contribution in [2.24, 2.45) is 0 Å². The number of pyridine rings is 1. The molecule has 1 aliphatic carbocycles. The summed E-state index contributed by atoms with van der Waals surface area (Å²) in [5, 5.41) is 2.90. The number of amides is 1. The van der Waals surface area contributed by atoms with Crippen LogP contribution in [0.15, 0.2) is 48.8 Å². The first-order valence-electron chi connectivity index (χ1n) is 7.72. The number of alkyl halides is 3. The van der Waals surface area contributed by atoms with Crippen LogP contribution >= 0.6 is 0 Å². The summed E-state index contributed by atoms with van der Waals surface area (Å²) in [5.74, 6) is -0.0978. The molecule has 3 nitrogen and oxygen atoms in total. The summed E-state index contributed by atoms with van der Waals surface area (Å²) in [6.07, 6.45) is 0.946. The molecule has 1 N–H and O–H groups in total. The molecular formula is C18H17F3N2O. The minimum absolute atomic E-state index is 0.0978. The van der Waals surface area contributed by atoms with Crippen molar-refractivity contribution in [1.29, 1.82) is 0 Å². The van der Waals surface area contributed by atoms with E-state index in [2.05, 4.69) is 10.3 Å². The smallest absolute Gasteiger partial charge is 0.355 e. The number of benzene rings is 1. The summed E-state index contributed by atoms with van der Waals surface area (Å²) in [4.78, 5) is 15.9. The first-order valence-corrected chi connectivity index (χ1v) is 7.72. The molecule has 3 rings (SSSR count). The van der Waals surface area contributed by atoms with Crippen LogP contribution in [0.25, 0.3) is 0 Å². The maximum Gasteiger partial charge on any atom is 0.416 e. The molecular weight excluding hydrogens is 317 g/mol. The number of nitrogens with zero attached hydrogens (tertiary/aromatic N) is 1. The van der Waals surface area contributed by atoms with E-state index in [4.69, 9.17) is 0 Å². The molecule has 0 bridgehead atoms. The molecule has 1 saturated carbocycles. The van der Waals surface area contributed by atoms with E-state index in [9.17, 15) is 18.0 Å². The molecule has 2 aromatic rings. The van der Waals surface area contributed by atoms with E-state index in [1.54, 1.807) is 24.5 Å². The molecule has 1 aromatic heterocycles. The third-order valence-electron chi connectivity index (χ3n) is 4.42. The zero-order chi connectivity index (χ0) is 17.2. The van der Waals surface area contributed by atoms with Gasteiger partial charge in [-0.15, -0.1) is 0 Å². The average Bonchev–Trinajstić information content (AvgIpc) is 3.35. The van der Waals surface area contributed by atoms with E-state index in [0.29, 0.717) is 6.54 Å². The fourth-order valence-electron chi connectivity index (χ4n) is 2.75. The predicted molar refractivity (Wildman–Crippen MR) is 83.3 cm³/mol. The summed E-state index contributed by atoms with van der Waals surface area (Å²) in [6.45, 7) is 0.447. The van der Waals surface area contributed by atoms with Gasteiger partial charge in [0.15, 0.2) is 0 Å². The number of carbonyl (C=O) groups is 1. The van der Waals surface area contributed by atoms with Gasteiger partial charge in [0.2, 0.25) is 5.91 Å². The molecule has 0 aliphatic heterocycles. The van der Waals surface area contributed by atoms with Crippen LogP contribution in [0.3, 0.4) is 0 Å². The second-order valence-corrected chi connectivity index (χ2v) is 6.16. The lowest BCUT2D eigenvalue weighted by molar-refractivity contribution is -0.137. The Balaban J connectivity index is 1.59. The number of rotatable bonds is 5. The maximum absolute atomic E-state index is 12.6. The van der Waals surface area contributed by atoms with E-state index in [-0.39, 0.29) is 17.7 Å². The third kappa shape index (κ3) is 3.75. The Bertz CT molecular complexity index is 707. The molecule has 0 atom stereocenters. The van der Waals surface area contributed by atoms with Gasteiger partial charge in [-0.05, 0) is 48.2 Å². The lowest BCUT2D eigenvalue weighted by atomic mass is 9.94. The van der Waals surface area contributed by atoms with Gasteiger partial charge < -0.3 is 5.32 Å². The van der Waals surface area contributed by atoms with Crippen molar-refractivity contribution in [3.05, 3.63) is 65.5 Å². The van der Waals surface area contributed by atoms with Crippen molar-refractivity contribution in [1.82, 2.24) is 10.3 Å². The van der Waals surface area contributed by atoms with Gasteiger partial charge in [-0.2, -0.15) is 13.2 Å². The Kier molecular flexibility index (Phi) is 4.30. The van der Waals surface area contributed by atoms with Gasteiger partial charge in [0.1, 0.15) is 0 Å². The first-order chi connectivity index (χ1) is 11.4. The van der Waals surface area contributed by atoms with Crippen molar-refractivity contribution >= 4 is 5.91 Å². The summed E-state index contributed by atoms with van der Waals surface area (Å²) in [7, 11) is 0. The van der Waals surface area contributed by atoms with E-state index in [1.165, 1.54) is 12.1 Å². The van der Waals surface area contributed by atoms with Crippen molar-refractivity contribution in [3.8, 4) is 0 Å². The van der Waals surface area contributed by atoms with Crippen LogP contribution in [0.2, 0.25) is 0 Å². The summed E-state index contributed by atoms with van der Waals surface area (Å²) < 4.78 is 37.9. The van der Waals surface area contributed by atoms with E-state index >= 15 is 0 Å². The molecule has 1 aromatic carbocycles. The molecule has 6 heteroatoms. The van der Waals surface area contributed by atoms with Crippen LogP contribution in [0, 0.1) is 0 Å². The van der Waals surface area contributed by atoms with E-state index < -0.39 is 11.7 Å². The molecule has 1 aliphatic rings. The quantitative estimate of drug-likeness (QED) is 0.909. The second-order valence-electron chi connectivity index (χ2n) is 6.16. The lowest BCUT2D eigenvalue weighted by Gasteiger charge is -2.17. The van der Waals surface area contributed by atoms with Crippen LogP contribution in [0.5, 0.6) is 0 Å². The molecule has 0 spiro atoms. The van der Waals surface area contributed by atoms with Crippen LogP contribution in [0.1, 0.15) is 29.5 Å². The Hall–Kier alpha value is -2.37. The topological polar surface area (TPSA) is 42.0 Å². The van der Waals surface area contributed by atoms with Crippen LogP contribution in [0.4, 0.5) is 13.2 Å². The highest BCUT2D eigenvalue weighted by atomic mass is 19.4. The van der Waals surface area contributed by atoms with Crippen LogP contribution in [-0.2, 0) is 22.8 Å². The zero-order valence-corrected chi connectivity index (χ0v) is 12.9. The Morgan fingerprint density at radius 2 is 1.71 bits per heavy atom. The molecule has 1 amide bonds. The molecule has 0 saturated heterocycles. The van der Waals surface area contributed by atoms with E-state index in [1.807, 2.05) is 0 Å².